The van der Waals surface area contributed by atoms with E-state index < -0.39 is 54.3 Å². The molecule has 0 spiro atoms. The smallest absolute Gasteiger partial charge is 0.253 e. The molecule has 17 N–H and O–H groups in total. The average Bonchev–Trinajstić information content (AvgIpc) is 0.757. The van der Waals surface area contributed by atoms with E-state index in [4.69, 9.17) is 64.6 Å². The number of nitrogen functional groups attached to an aromatic ring is 6. The predicted molar refractivity (Wildman–Crippen MR) is 608 cm³/mol. The molecule has 0 saturated carbocycles. The van der Waals surface area contributed by atoms with Gasteiger partial charge in [-0.15, -0.1) is 0 Å². The van der Waals surface area contributed by atoms with Gasteiger partial charge in [-0.1, -0.05) is 231 Å². The quantitative estimate of drug-likeness (QED) is 0.00982. The number of nitrogens with two attached hydrogens (primary N) is 7. The number of nitrogens with zero attached hydrogens (tertiary/aromatic N) is 6. The second kappa shape index (κ2) is 54.6. The molecule has 0 bridgehead atoms. The molecule has 9 aromatic carbocycles. The summed E-state index contributed by atoms with van der Waals surface area (Å²) >= 11 is 10.1. The first kappa shape index (κ1) is 130. The van der Waals surface area contributed by atoms with Crippen molar-refractivity contribution in [2.75, 3.05) is 189 Å². The third-order valence-electron chi connectivity index (χ3n) is 24.2. The van der Waals surface area contributed by atoms with Crippen molar-refractivity contribution < 1.29 is 0 Å². The highest BCUT2D eigenvalue weighted by atomic mass is 32.1. The van der Waals surface area contributed by atoms with Gasteiger partial charge in [0, 0.05) is 129 Å². The first-order valence-electron chi connectivity index (χ1n) is 49.8. The van der Waals surface area contributed by atoms with Crippen LogP contribution in [0.4, 0.5) is 79.6 Å². The summed E-state index contributed by atoms with van der Waals surface area (Å²) in [5, 5.41) is 9.18. The maximum Gasteiger partial charge on any atom is 0.253 e. The normalized spacial score (nSPS) is 12.0. The van der Waals surface area contributed by atoms with Crippen LogP contribution in [0.1, 0.15) is 319 Å². The number of anilines is 14. The molecule has 798 valence electrons. The van der Waals surface area contributed by atoms with Crippen molar-refractivity contribution in [2.45, 2.75) is 321 Å². The van der Waals surface area contributed by atoms with Crippen molar-refractivity contribution in [1.29, 1.82) is 0 Å². The van der Waals surface area contributed by atoms with Gasteiger partial charge >= 0.3 is 0 Å². The van der Waals surface area contributed by atoms with Crippen LogP contribution >= 0.6 is 24.4 Å². The molecule has 0 aliphatic carbocycles. The number of hydrogen-bond donors (Lipinski definition) is 10. The van der Waals surface area contributed by atoms with E-state index in [-0.39, 0.29) is 93.8 Å². The van der Waals surface area contributed by atoms with Gasteiger partial charge in [-0.05, 0) is 160 Å². The van der Waals surface area contributed by atoms with Crippen molar-refractivity contribution >= 4 is 104 Å². The Balaban J connectivity index is 0.000000800. The average molecular weight is 2020 g/mol. The highest BCUT2D eigenvalue weighted by Gasteiger charge is 2.33. The van der Waals surface area contributed by atoms with Crippen molar-refractivity contribution in [2.24, 2.45) is 43.6 Å². The van der Waals surface area contributed by atoms with Gasteiger partial charge in [0.25, 0.3) is 54.3 Å². The van der Waals surface area contributed by atoms with Crippen molar-refractivity contribution in [3.8, 4) is 0 Å². The van der Waals surface area contributed by atoms with E-state index in [0.717, 1.165) is 154 Å². The van der Waals surface area contributed by atoms with Gasteiger partial charge in [0.1, 0.15) is 56.9 Å². The summed E-state index contributed by atoms with van der Waals surface area (Å²) < 4.78 is 0.964. The van der Waals surface area contributed by atoms with Crippen molar-refractivity contribution in [1.82, 2.24) is 5.32 Å². The molecule has 0 heterocycles. The van der Waals surface area contributed by atoms with E-state index >= 15 is 0 Å². The molecule has 9 rings (SSSR count). The molecule has 0 aliphatic heterocycles. The molecule has 0 saturated heterocycles. The van der Waals surface area contributed by atoms with Crippen LogP contribution in [0, 0.1) is 46.9 Å². The maximum absolute atomic E-state index is 11.8. The van der Waals surface area contributed by atoms with Crippen molar-refractivity contribution in [3.63, 3.8) is 0 Å². The number of nitrogens with one attached hydrogen (secondary N) is 3. The molecule has 0 aliphatic rings. The van der Waals surface area contributed by atoms with E-state index in [9.17, 15) is 76.7 Å². The van der Waals surface area contributed by atoms with Gasteiger partial charge < -0.3 is 85.5 Å². The van der Waals surface area contributed by atoms with E-state index in [0.29, 0.717) is 113 Å². The lowest BCUT2D eigenvalue weighted by atomic mass is 9.83. The molecule has 0 fully saturated rings. The Morgan fingerprint density at radius 2 is 0.507 bits per heavy atom. The van der Waals surface area contributed by atoms with Crippen LogP contribution in [0.3, 0.4) is 0 Å². The lowest BCUT2D eigenvalue weighted by molar-refractivity contribution is 0.358. The molecule has 0 aromatic heterocycles. The zero-order chi connectivity index (χ0) is 111. The lowest BCUT2D eigenvalue weighted by Crippen LogP contribution is -2.45. The van der Waals surface area contributed by atoms with Crippen LogP contribution in [-0.2, 0) is 23.7 Å². The summed E-state index contributed by atoms with van der Waals surface area (Å²) in [5.74, 6) is 0. The minimum Gasteiger partial charge on any atom is -0.395 e. The molecule has 0 atom stereocenters. The SMILES string of the molecule is CC(C)(C)CCCCCc1c(N)c(=O)c1=O.CC(C)(C)CCCc1c(N)c(=O)c1=O.CC(C)(C)c1c(NCCN)c(=O)c1=S.CCN(CC)c1c(N(C)CCC(C)(C)C)c(=O)c1=O.CN(CCC(C)(C)C)c1c(N)c(=O)c1=O.CN(CCCC(C)(C)C)c1c(N)c(=O)c1=O.CN(CCCC(C)(C)C)c1c(N)c(=O)c1=O.CN(CCCCC(C)(C)C)c1c(N)c(=O)c1=O.CNCCNc1c(C(C)(C)C)c(=S)c1=O. The summed E-state index contributed by atoms with van der Waals surface area (Å²) in [4.78, 5) is 190. The topological polar surface area (TPSA) is 511 Å². The molecular formula is C108H178N16O16S2. The van der Waals surface area contributed by atoms with Gasteiger partial charge in [0.05, 0.1) is 31.8 Å². The van der Waals surface area contributed by atoms with E-state index in [1.165, 1.54) is 12.8 Å². The van der Waals surface area contributed by atoms with Gasteiger partial charge in [0.15, 0.2) is 0 Å². The maximum atomic E-state index is 11.8. The van der Waals surface area contributed by atoms with Crippen LogP contribution in [0.5, 0.6) is 0 Å². The first-order chi connectivity index (χ1) is 64.6. The van der Waals surface area contributed by atoms with E-state index in [2.05, 4.69) is 182 Å². The second-order valence-electron chi connectivity index (χ2n) is 48.0. The molecule has 0 radical (unpaired) electrons. The fraction of sp³-hybridized carbons (Fsp3) is 0.667. The van der Waals surface area contributed by atoms with Crippen molar-refractivity contribution in [3.05, 3.63) is 195 Å². The number of hydrogen-bond acceptors (Lipinski definition) is 34. The summed E-state index contributed by atoms with van der Waals surface area (Å²) in [7, 11) is 11.0. The Labute approximate surface area is 852 Å². The van der Waals surface area contributed by atoms with Crippen LogP contribution in [0.25, 0.3) is 0 Å². The Morgan fingerprint density at radius 3 is 0.782 bits per heavy atom. The van der Waals surface area contributed by atoms with Gasteiger partial charge in [-0.2, -0.15) is 0 Å². The minimum atomic E-state index is -0.549. The number of likely N-dealkylation sites (N-methyl/N-ethyl adjacent to an activating group) is 1. The monoisotopic (exact) mass is 2020 g/mol. The third kappa shape index (κ3) is 39.7. The second-order valence-corrected chi connectivity index (χ2v) is 48.8. The molecule has 9 aromatic rings. The van der Waals surface area contributed by atoms with Crippen LogP contribution in [0.15, 0.2) is 76.7 Å². The number of rotatable bonds is 37. The van der Waals surface area contributed by atoms with Crippen LogP contribution in [-0.4, -0.2) is 114 Å². The van der Waals surface area contributed by atoms with Crippen LogP contribution < -0.4 is 172 Å². The zero-order valence-corrected chi connectivity index (χ0v) is 94.5. The Morgan fingerprint density at radius 1 is 0.261 bits per heavy atom. The Bertz CT molecular complexity index is 6170. The van der Waals surface area contributed by atoms with E-state index in [1.54, 1.807) is 40.7 Å². The lowest BCUT2D eigenvalue weighted by Gasteiger charge is -2.31. The van der Waals surface area contributed by atoms with E-state index in [1.807, 2.05) is 65.6 Å². The molecule has 34 heteroatoms. The largest absolute Gasteiger partial charge is 0.395 e. The van der Waals surface area contributed by atoms with Crippen LogP contribution in [0.2, 0.25) is 0 Å². The fourth-order valence-corrected chi connectivity index (χ4v) is 16.3. The highest BCUT2D eigenvalue weighted by molar-refractivity contribution is 7.71. The zero-order valence-electron chi connectivity index (χ0n) is 92.9. The Kier molecular flexibility index (Phi) is 49.8. The van der Waals surface area contributed by atoms with Gasteiger partial charge in [-0.3, -0.25) is 76.7 Å². The summed E-state index contributed by atoms with van der Waals surface area (Å²) in [6, 6.07) is 0. The molecule has 0 amide bonds. The molecule has 142 heavy (non-hydrogen) atoms. The summed E-state index contributed by atoms with van der Waals surface area (Å²) in [6.45, 7) is 70.1. The minimum absolute atomic E-state index is 0.00831. The van der Waals surface area contributed by atoms with Gasteiger partial charge in [0.2, 0.25) is 32.6 Å². The van der Waals surface area contributed by atoms with Gasteiger partial charge in [-0.25, -0.2) is 0 Å². The predicted octanol–water partition coefficient (Wildman–Crippen LogP) is 12.7. The highest BCUT2D eigenvalue weighted by Crippen LogP contribution is 2.35. The summed E-state index contributed by atoms with van der Waals surface area (Å²) in [6.07, 6.45) is 17.0. The Hall–Kier alpha value is -10.3. The fourth-order valence-electron chi connectivity index (χ4n) is 15.3. The standard InChI is InChI=1S/C15H26N2O2.C13H22N2O2.C13H21NO2.2C12H20N2O2.C11H18N2O2.C11H18N2OS.C11H17NO2.C10H16N2OS/c1-7-17(8-2)12-11(13(18)14(12)19)16(6)10-9-15(3,4)5;1-13(2,3)7-5-6-8-15(4)10-9(14)11(16)12(10)17;1-13(2,3)8-6-4-5-7-9-10(14)12(16)11(9)15;2*1-12(2,3)6-5-7-14(4)9-8(13)10(15)11(9)16;1-11(2,3)5-6-13(4)8-7(12)9(14)10(8)15;1-11(2,3)7-8(9(14)10(7)15)13-6-5-12-4;1-11(2,3)6-4-5-7-8(12)10(14)9(7)13;1-10(2,3)6-7(12-5-4-11)8(13)9(6)14/h7-10H2,1-6H3;5-8,14H2,1-4H3;4-8,14H2,1-3H3;2*5-7,13H2,1-4H3;5-6,12H2,1-4H3;12-13H,5-6H2,1-4H3;4-6,12H2,1-3H3;12H,4-5,11H2,1-3H3. The molecule has 0 unspecified atom stereocenters. The first-order valence-corrected chi connectivity index (χ1v) is 50.6. The third-order valence-corrected chi connectivity index (χ3v) is 25.0. The molecular weight excluding hydrogens is 1840 g/mol. The number of unbranched alkanes of at least 4 members (excludes halogenated alkanes) is 3. The molecule has 32 nitrogen and oxygen atoms in total. The summed E-state index contributed by atoms with van der Waals surface area (Å²) in [5.41, 5.74) is 41.6.